The third-order valence-corrected chi connectivity index (χ3v) is 5.96. The molecule has 0 saturated heterocycles. The van der Waals surface area contributed by atoms with Crippen LogP contribution in [0, 0.1) is 13.8 Å². The van der Waals surface area contributed by atoms with Crippen molar-refractivity contribution in [3.8, 4) is 0 Å². The van der Waals surface area contributed by atoms with Crippen LogP contribution in [0.25, 0.3) is 10.2 Å². The van der Waals surface area contributed by atoms with Crippen LogP contribution >= 0.6 is 23.1 Å². The molecule has 0 fully saturated rings. The summed E-state index contributed by atoms with van der Waals surface area (Å²) in [6, 6.07) is -0.0278. The number of nitrogens with zero attached hydrogens (tertiary/aromatic N) is 2. The first-order valence-corrected chi connectivity index (χ1v) is 9.55. The molecule has 24 heavy (non-hydrogen) atoms. The van der Waals surface area contributed by atoms with Crippen LogP contribution in [0.2, 0.25) is 0 Å². The Morgan fingerprint density at radius 3 is 2.67 bits per heavy atom. The van der Waals surface area contributed by atoms with Crippen molar-refractivity contribution in [3.05, 3.63) is 33.4 Å². The zero-order valence-corrected chi connectivity index (χ0v) is 16.3. The number of rotatable bonds is 6. The SMILES string of the molecule is C=CCNC(=O)[C@@H](C)Sc1nc2sc(C)c(C)c2c(=O)n1C(C)C. The van der Waals surface area contributed by atoms with E-state index in [-0.39, 0.29) is 22.8 Å². The first kappa shape index (κ1) is 18.7. The van der Waals surface area contributed by atoms with Crippen LogP contribution in [0.5, 0.6) is 0 Å². The molecule has 1 amide bonds. The fraction of sp³-hybridized carbons (Fsp3) is 0.471. The number of thioether (sulfide) groups is 1. The third-order valence-electron chi connectivity index (χ3n) is 3.79. The highest BCUT2D eigenvalue weighted by Gasteiger charge is 2.22. The lowest BCUT2D eigenvalue weighted by Crippen LogP contribution is -2.32. The number of hydrogen-bond donors (Lipinski definition) is 1. The summed E-state index contributed by atoms with van der Waals surface area (Å²) in [5, 5.41) is 3.71. The fourth-order valence-electron chi connectivity index (χ4n) is 2.35. The van der Waals surface area contributed by atoms with Gasteiger partial charge in [-0.3, -0.25) is 14.2 Å². The predicted octanol–water partition coefficient (Wildman–Crippen LogP) is 3.44. The molecule has 1 atom stereocenters. The highest BCUT2D eigenvalue weighted by Crippen LogP contribution is 2.30. The maximum absolute atomic E-state index is 13.0. The minimum absolute atomic E-state index is 0.0278. The topological polar surface area (TPSA) is 64.0 Å². The number of hydrogen-bond acceptors (Lipinski definition) is 5. The van der Waals surface area contributed by atoms with Gasteiger partial charge in [-0.2, -0.15) is 0 Å². The number of carbonyl (C=O) groups excluding carboxylic acids is 1. The van der Waals surface area contributed by atoms with Crippen LogP contribution in [-0.2, 0) is 4.79 Å². The molecule has 0 aromatic carbocycles. The second-order valence-corrected chi connectivity index (χ2v) is 8.43. The van der Waals surface area contributed by atoms with Gasteiger partial charge in [0, 0.05) is 17.5 Å². The summed E-state index contributed by atoms with van der Waals surface area (Å²) in [6.07, 6.45) is 1.64. The molecule has 5 nitrogen and oxygen atoms in total. The van der Waals surface area contributed by atoms with Gasteiger partial charge in [0.1, 0.15) is 4.83 Å². The van der Waals surface area contributed by atoms with E-state index in [1.54, 1.807) is 10.6 Å². The molecule has 0 saturated carbocycles. The van der Waals surface area contributed by atoms with E-state index >= 15 is 0 Å². The fourth-order valence-corrected chi connectivity index (χ4v) is 4.49. The average Bonchev–Trinajstić information content (AvgIpc) is 2.79. The normalized spacial score (nSPS) is 12.6. The van der Waals surface area contributed by atoms with Gasteiger partial charge in [-0.05, 0) is 40.2 Å². The molecular formula is C17H23N3O2S2. The smallest absolute Gasteiger partial charge is 0.263 e. The Hall–Kier alpha value is -1.60. The summed E-state index contributed by atoms with van der Waals surface area (Å²) >= 11 is 2.84. The molecule has 130 valence electrons. The summed E-state index contributed by atoms with van der Waals surface area (Å²) in [4.78, 5) is 31.6. The molecule has 0 aliphatic rings. The van der Waals surface area contributed by atoms with E-state index in [9.17, 15) is 9.59 Å². The molecular weight excluding hydrogens is 342 g/mol. The van der Waals surface area contributed by atoms with Crippen LogP contribution in [0.1, 0.15) is 37.3 Å². The van der Waals surface area contributed by atoms with E-state index in [1.807, 2.05) is 34.6 Å². The van der Waals surface area contributed by atoms with Crippen molar-refractivity contribution in [2.75, 3.05) is 6.54 Å². The summed E-state index contributed by atoms with van der Waals surface area (Å²) in [6.45, 7) is 13.7. The molecule has 2 heterocycles. The zero-order chi connectivity index (χ0) is 18.0. The number of thiophene rings is 1. The summed E-state index contributed by atoms with van der Waals surface area (Å²) in [7, 11) is 0. The maximum atomic E-state index is 13.0. The second-order valence-electron chi connectivity index (χ2n) is 5.92. The van der Waals surface area contributed by atoms with E-state index < -0.39 is 0 Å². The van der Waals surface area contributed by atoms with Crippen molar-refractivity contribution in [3.63, 3.8) is 0 Å². The predicted molar refractivity (Wildman–Crippen MR) is 102 cm³/mol. The third kappa shape index (κ3) is 3.57. The average molecular weight is 366 g/mol. The Bertz CT molecular complexity index is 836. The minimum atomic E-state index is -0.346. The Kier molecular flexibility index (Phi) is 5.87. The lowest BCUT2D eigenvalue weighted by Gasteiger charge is -2.17. The van der Waals surface area contributed by atoms with Crippen LogP contribution in [0.15, 0.2) is 22.6 Å². The molecule has 0 radical (unpaired) electrons. The number of amides is 1. The van der Waals surface area contributed by atoms with Gasteiger partial charge in [-0.1, -0.05) is 17.8 Å². The van der Waals surface area contributed by atoms with Gasteiger partial charge in [0.15, 0.2) is 5.16 Å². The molecule has 0 aliphatic carbocycles. The van der Waals surface area contributed by atoms with Crippen molar-refractivity contribution < 1.29 is 4.79 Å². The van der Waals surface area contributed by atoms with Gasteiger partial charge in [-0.15, -0.1) is 17.9 Å². The number of aryl methyl sites for hydroxylation is 2. The van der Waals surface area contributed by atoms with Crippen LogP contribution < -0.4 is 10.9 Å². The second kappa shape index (κ2) is 7.53. The van der Waals surface area contributed by atoms with Crippen LogP contribution in [0.3, 0.4) is 0 Å². The Morgan fingerprint density at radius 1 is 1.42 bits per heavy atom. The monoisotopic (exact) mass is 365 g/mol. The van der Waals surface area contributed by atoms with E-state index in [0.717, 1.165) is 15.3 Å². The largest absolute Gasteiger partial charge is 0.352 e. The maximum Gasteiger partial charge on any atom is 0.263 e. The van der Waals surface area contributed by atoms with Crippen molar-refractivity contribution in [1.82, 2.24) is 14.9 Å². The molecule has 2 rings (SSSR count). The Labute approximate surface area is 150 Å². The Morgan fingerprint density at radius 2 is 2.08 bits per heavy atom. The van der Waals surface area contributed by atoms with Crippen molar-refractivity contribution in [2.45, 2.75) is 51.1 Å². The lowest BCUT2D eigenvalue weighted by atomic mass is 10.2. The number of nitrogens with one attached hydrogen (secondary N) is 1. The first-order valence-electron chi connectivity index (χ1n) is 7.85. The van der Waals surface area contributed by atoms with E-state index in [2.05, 4.69) is 16.9 Å². The van der Waals surface area contributed by atoms with E-state index in [4.69, 9.17) is 0 Å². The lowest BCUT2D eigenvalue weighted by molar-refractivity contribution is -0.120. The van der Waals surface area contributed by atoms with E-state index in [1.165, 1.54) is 23.1 Å². The number of carbonyl (C=O) groups is 1. The van der Waals surface area contributed by atoms with Gasteiger partial charge >= 0.3 is 0 Å². The van der Waals surface area contributed by atoms with Crippen molar-refractivity contribution in [2.24, 2.45) is 0 Å². The first-order chi connectivity index (χ1) is 11.3. The van der Waals surface area contributed by atoms with Crippen LogP contribution in [-0.4, -0.2) is 27.3 Å². The molecule has 0 aliphatic heterocycles. The van der Waals surface area contributed by atoms with Crippen molar-refractivity contribution in [1.29, 1.82) is 0 Å². The Balaban J connectivity index is 2.49. The quantitative estimate of drug-likeness (QED) is 0.484. The molecule has 0 spiro atoms. The summed E-state index contributed by atoms with van der Waals surface area (Å²) in [5.74, 6) is -0.0944. The van der Waals surface area contributed by atoms with Crippen molar-refractivity contribution >= 4 is 39.2 Å². The van der Waals surface area contributed by atoms with Gasteiger partial charge < -0.3 is 5.32 Å². The van der Waals surface area contributed by atoms with E-state index in [0.29, 0.717) is 17.1 Å². The molecule has 7 heteroatoms. The number of fused-ring (bicyclic) bond motifs is 1. The minimum Gasteiger partial charge on any atom is -0.352 e. The number of aromatic nitrogens is 2. The highest BCUT2D eigenvalue weighted by atomic mass is 32.2. The molecule has 0 bridgehead atoms. The van der Waals surface area contributed by atoms with Gasteiger partial charge in [0.05, 0.1) is 10.6 Å². The summed E-state index contributed by atoms with van der Waals surface area (Å²) < 4.78 is 1.68. The van der Waals surface area contributed by atoms with Gasteiger partial charge in [0.2, 0.25) is 5.91 Å². The molecule has 1 N–H and O–H groups in total. The standard InChI is InChI=1S/C17H23N3O2S2/c1-7-8-18-14(21)12(6)24-17-19-15-13(10(4)11(5)23-15)16(22)20(17)9(2)3/h7,9,12H,1,8H2,2-6H3,(H,18,21)/t12-/m1/s1. The zero-order valence-electron chi connectivity index (χ0n) is 14.7. The van der Waals surface area contributed by atoms with Gasteiger partial charge in [-0.25, -0.2) is 4.98 Å². The highest BCUT2D eigenvalue weighted by molar-refractivity contribution is 8.00. The van der Waals surface area contributed by atoms with Crippen LogP contribution in [0.4, 0.5) is 0 Å². The van der Waals surface area contributed by atoms with Gasteiger partial charge in [0.25, 0.3) is 5.56 Å². The molecule has 0 unspecified atom stereocenters. The molecule has 2 aromatic rings. The summed E-state index contributed by atoms with van der Waals surface area (Å²) in [5.41, 5.74) is 0.966. The molecule has 2 aromatic heterocycles.